The van der Waals surface area contributed by atoms with Crippen LogP contribution in [0.2, 0.25) is 0 Å². The van der Waals surface area contributed by atoms with Gasteiger partial charge < -0.3 is 10.1 Å². The molecule has 2 unspecified atom stereocenters. The van der Waals surface area contributed by atoms with Crippen LogP contribution in [0.25, 0.3) is 0 Å². The number of rotatable bonds is 9. The molecular weight excluding hydrogens is 218 g/mol. The van der Waals surface area contributed by atoms with E-state index in [2.05, 4.69) is 37.8 Å². The van der Waals surface area contributed by atoms with Gasteiger partial charge in [0.15, 0.2) is 0 Å². The molecule has 1 aliphatic carbocycles. The van der Waals surface area contributed by atoms with E-state index in [4.69, 9.17) is 4.74 Å². The first-order valence-electron chi connectivity index (χ1n) is 6.46. The molecule has 2 nitrogen and oxygen atoms in total. The molecule has 0 bridgehead atoms. The molecule has 1 saturated carbocycles. The molecule has 1 fully saturated rings. The van der Waals surface area contributed by atoms with Crippen LogP contribution in [0.3, 0.4) is 0 Å². The molecule has 1 N–H and O–H groups in total. The number of hydrogen-bond donors (Lipinski definition) is 1. The lowest BCUT2D eigenvalue weighted by Crippen LogP contribution is -2.42. The zero-order valence-electron chi connectivity index (χ0n) is 11.2. The number of nitrogens with one attached hydrogen (secondary N) is 1. The van der Waals surface area contributed by atoms with E-state index in [9.17, 15) is 0 Å². The zero-order chi connectivity index (χ0) is 12.0. The van der Waals surface area contributed by atoms with Gasteiger partial charge in [-0.1, -0.05) is 13.8 Å². The summed E-state index contributed by atoms with van der Waals surface area (Å²) in [7, 11) is 1.80. The van der Waals surface area contributed by atoms with Gasteiger partial charge in [-0.15, -0.1) is 0 Å². The summed E-state index contributed by atoms with van der Waals surface area (Å²) < 4.78 is 5.28. The number of hydrogen-bond acceptors (Lipinski definition) is 3. The fraction of sp³-hybridized carbons (Fsp3) is 1.00. The van der Waals surface area contributed by atoms with Gasteiger partial charge >= 0.3 is 0 Å². The average Bonchev–Trinajstić information content (AvgIpc) is 2.99. The van der Waals surface area contributed by atoms with Crippen LogP contribution in [0.1, 0.15) is 33.6 Å². The molecule has 0 aromatic carbocycles. The lowest BCUT2D eigenvalue weighted by atomic mass is 10.2. The summed E-state index contributed by atoms with van der Waals surface area (Å²) in [4.78, 5) is 0. The van der Waals surface area contributed by atoms with E-state index in [1.807, 2.05) is 0 Å². The minimum atomic E-state index is 0.583. The molecule has 16 heavy (non-hydrogen) atoms. The van der Waals surface area contributed by atoms with Gasteiger partial charge in [-0.2, -0.15) is 11.8 Å². The first-order valence-corrected chi connectivity index (χ1v) is 7.61. The van der Waals surface area contributed by atoms with Gasteiger partial charge in [0.25, 0.3) is 0 Å². The largest absolute Gasteiger partial charge is 0.383 e. The van der Waals surface area contributed by atoms with Gasteiger partial charge in [-0.05, 0) is 37.4 Å². The molecule has 0 aliphatic heterocycles. The Bertz CT molecular complexity index is 183. The van der Waals surface area contributed by atoms with E-state index >= 15 is 0 Å². The zero-order valence-corrected chi connectivity index (χ0v) is 12.0. The van der Waals surface area contributed by atoms with Gasteiger partial charge in [-0.3, -0.25) is 0 Å². The summed E-state index contributed by atoms with van der Waals surface area (Å²) >= 11 is 2.06. The Morgan fingerprint density at radius 1 is 1.25 bits per heavy atom. The number of ether oxygens (including phenoxy) is 1. The molecule has 0 saturated heterocycles. The van der Waals surface area contributed by atoms with Gasteiger partial charge in [0.1, 0.15) is 0 Å². The highest BCUT2D eigenvalue weighted by Crippen LogP contribution is 2.33. The Balaban J connectivity index is 2.12. The molecule has 0 aromatic heterocycles. The van der Waals surface area contributed by atoms with Crippen LogP contribution in [0.4, 0.5) is 0 Å². The Morgan fingerprint density at radius 3 is 2.44 bits per heavy atom. The summed E-state index contributed by atoms with van der Waals surface area (Å²) in [6, 6.07) is 1.18. The highest BCUT2D eigenvalue weighted by atomic mass is 32.2. The van der Waals surface area contributed by atoms with Crippen molar-refractivity contribution in [3.63, 3.8) is 0 Å². The molecule has 0 aromatic rings. The Hall–Kier alpha value is 0.270. The van der Waals surface area contributed by atoms with Crippen molar-refractivity contribution >= 4 is 11.8 Å². The van der Waals surface area contributed by atoms with Crippen molar-refractivity contribution in [2.75, 3.05) is 25.2 Å². The van der Waals surface area contributed by atoms with Crippen molar-refractivity contribution < 1.29 is 4.74 Å². The molecule has 2 atom stereocenters. The van der Waals surface area contributed by atoms with E-state index in [1.165, 1.54) is 24.3 Å². The second-order valence-electron chi connectivity index (χ2n) is 5.40. The van der Waals surface area contributed by atoms with Gasteiger partial charge in [0, 0.05) is 24.9 Å². The van der Waals surface area contributed by atoms with Crippen molar-refractivity contribution in [1.82, 2.24) is 5.32 Å². The maximum atomic E-state index is 5.28. The van der Waals surface area contributed by atoms with Crippen LogP contribution >= 0.6 is 11.8 Å². The van der Waals surface area contributed by atoms with E-state index in [0.717, 1.165) is 18.4 Å². The predicted molar refractivity (Wildman–Crippen MR) is 73.1 cm³/mol. The molecule has 96 valence electrons. The predicted octanol–water partition coefficient (Wildman–Crippen LogP) is 2.78. The van der Waals surface area contributed by atoms with Crippen molar-refractivity contribution in [3.05, 3.63) is 0 Å². The molecule has 0 spiro atoms. The first-order chi connectivity index (χ1) is 7.63. The molecule has 0 heterocycles. The van der Waals surface area contributed by atoms with Crippen molar-refractivity contribution in [2.24, 2.45) is 11.8 Å². The Morgan fingerprint density at radius 2 is 1.94 bits per heavy atom. The third-order valence-electron chi connectivity index (χ3n) is 2.85. The summed E-state index contributed by atoms with van der Waals surface area (Å²) in [5.41, 5.74) is 0. The van der Waals surface area contributed by atoms with E-state index < -0.39 is 0 Å². The maximum absolute atomic E-state index is 5.28. The highest BCUT2D eigenvalue weighted by molar-refractivity contribution is 7.99. The van der Waals surface area contributed by atoms with Crippen molar-refractivity contribution in [1.29, 1.82) is 0 Å². The Labute approximate surface area is 105 Å². The third kappa shape index (κ3) is 6.12. The summed E-state index contributed by atoms with van der Waals surface area (Å²) in [5, 5.41) is 3.71. The van der Waals surface area contributed by atoms with Crippen LogP contribution in [-0.2, 0) is 4.74 Å². The monoisotopic (exact) mass is 245 g/mol. The standard InChI is InChI=1S/C13H27NOS/c1-10(2)8-16-9-11(3)14-13(7-15-4)12-5-6-12/h10-14H,5-9H2,1-4H3. The van der Waals surface area contributed by atoms with Crippen LogP contribution in [0.5, 0.6) is 0 Å². The summed E-state index contributed by atoms with van der Waals surface area (Å²) in [6.45, 7) is 7.72. The van der Waals surface area contributed by atoms with Crippen LogP contribution < -0.4 is 5.32 Å². The number of thioether (sulfide) groups is 1. The van der Waals surface area contributed by atoms with Crippen LogP contribution in [-0.4, -0.2) is 37.3 Å². The molecule has 1 rings (SSSR count). The van der Waals surface area contributed by atoms with Crippen molar-refractivity contribution in [3.8, 4) is 0 Å². The van der Waals surface area contributed by atoms with E-state index in [0.29, 0.717) is 12.1 Å². The normalized spacial score (nSPS) is 20.1. The quantitative estimate of drug-likeness (QED) is 0.675. The maximum Gasteiger partial charge on any atom is 0.0618 e. The minimum Gasteiger partial charge on any atom is -0.383 e. The van der Waals surface area contributed by atoms with E-state index in [-0.39, 0.29) is 0 Å². The highest BCUT2D eigenvalue weighted by Gasteiger charge is 2.31. The lowest BCUT2D eigenvalue weighted by Gasteiger charge is -2.22. The van der Waals surface area contributed by atoms with Crippen LogP contribution in [0, 0.1) is 11.8 Å². The second kappa shape index (κ2) is 7.57. The fourth-order valence-corrected chi connectivity index (χ4v) is 2.95. The molecule has 3 heteroatoms. The van der Waals surface area contributed by atoms with Crippen LogP contribution in [0.15, 0.2) is 0 Å². The molecule has 0 radical (unpaired) electrons. The summed E-state index contributed by atoms with van der Waals surface area (Å²) in [5.74, 6) is 4.16. The average molecular weight is 245 g/mol. The minimum absolute atomic E-state index is 0.583. The fourth-order valence-electron chi connectivity index (χ4n) is 1.89. The number of methoxy groups -OCH3 is 1. The molecule has 0 amide bonds. The topological polar surface area (TPSA) is 21.3 Å². The lowest BCUT2D eigenvalue weighted by molar-refractivity contribution is 0.154. The smallest absolute Gasteiger partial charge is 0.0618 e. The molecular formula is C13H27NOS. The SMILES string of the molecule is COCC(NC(C)CSCC(C)C)C1CC1. The molecule has 1 aliphatic rings. The Kier molecular flexibility index (Phi) is 6.78. The van der Waals surface area contributed by atoms with Crippen molar-refractivity contribution in [2.45, 2.75) is 45.7 Å². The first kappa shape index (κ1) is 14.3. The van der Waals surface area contributed by atoms with Gasteiger partial charge in [0.05, 0.1) is 6.61 Å². The summed E-state index contributed by atoms with van der Waals surface area (Å²) in [6.07, 6.45) is 2.76. The second-order valence-corrected chi connectivity index (χ2v) is 6.47. The van der Waals surface area contributed by atoms with Gasteiger partial charge in [0.2, 0.25) is 0 Å². The van der Waals surface area contributed by atoms with E-state index in [1.54, 1.807) is 7.11 Å². The third-order valence-corrected chi connectivity index (χ3v) is 4.49. The van der Waals surface area contributed by atoms with Gasteiger partial charge in [-0.25, -0.2) is 0 Å².